The van der Waals surface area contributed by atoms with E-state index in [0.717, 1.165) is 0 Å². The van der Waals surface area contributed by atoms with Gasteiger partial charge in [-0.05, 0) is 12.1 Å². The number of halogens is 1. The van der Waals surface area contributed by atoms with Gasteiger partial charge in [-0.25, -0.2) is 4.79 Å². The molecule has 6 heteroatoms. The fraction of sp³-hybridized carbons (Fsp3) is 0.385. The summed E-state index contributed by atoms with van der Waals surface area (Å²) in [7, 11) is 0. The van der Waals surface area contributed by atoms with E-state index in [4.69, 9.17) is 11.6 Å². The van der Waals surface area contributed by atoms with Crippen LogP contribution in [0.5, 0.6) is 0 Å². The highest BCUT2D eigenvalue weighted by molar-refractivity contribution is 6.34. The van der Waals surface area contributed by atoms with Gasteiger partial charge in [0.2, 0.25) is 5.91 Å². The minimum absolute atomic E-state index is 0.0391. The second-order valence-electron chi connectivity index (χ2n) is 4.43. The molecule has 0 bridgehead atoms. The van der Waals surface area contributed by atoms with E-state index in [1.165, 1.54) is 6.92 Å². The maximum Gasteiger partial charge on any atom is 0.337 e. The number of amides is 1. The average Bonchev–Trinajstić information content (AvgIpc) is 2.38. The van der Waals surface area contributed by atoms with Gasteiger partial charge in [-0.1, -0.05) is 17.7 Å². The minimum Gasteiger partial charge on any atom is -0.478 e. The van der Waals surface area contributed by atoms with Gasteiger partial charge in [-0.2, -0.15) is 0 Å². The maximum absolute atomic E-state index is 11.3. The zero-order valence-electron chi connectivity index (χ0n) is 10.6. The summed E-state index contributed by atoms with van der Waals surface area (Å²) in [4.78, 5) is 26.2. The Labute approximate surface area is 116 Å². The summed E-state index contributed by atoms with van der Waals surface area (Å²) in [6.45, 7) is 3.88. The summed E-state index contributed by atoms with van der Waals surface area (Å²) < 4.78 is 0. The minimum atomic E-state index is -0.994. The number of carboxylic acid groups (broad SMARTS) is 1. The van der Waals surface area contributed by atoms with Gasteiger partial charge in [0.15, 0.2) is 0 Å². The Morgan fingerprint density at radius 3 is 2.37 bits per heavy atom. The summed E-state index contributed by atoms with van der Waals surface area (Å²) in [6, 6.07) is 4.85. The molecule has 0 aliphatic carbocycles. The number of aromatic carboxylic acids is 1. The number of hydrogen-bond acceptors (Lipinski definition) is 3. The Balaban J connectivity index is 2.24. The van der Waals surface area contributed by atoms with E-state index in [2.05, 4.69) is 0 Å². The first-order valence-corrected chi connectivity index (χ1v) is 6.40. The molecule has 1 aromatic carbocycles. The molecule has 1 aliphatic rings. The molecule has 1 N–H and O–H groups in total. The first-order chi connectivity index (χ1) is 9.00. The molecule has 0 spiro atoms. The number of piperazine rings is 1. The van der Waals surface area contributed by atoms with E-state index in [1.807, 2.05) is 4.90 Å². The molecule has 1 aromatic rings. The summed E-state index contributed by atoms with van der Waals surface area (Å²) in [5.41, 5.74) is 0.739. The maximum atomic E-state index is 11.3. The molecule has 0 saturated carbocycles. The van der Waals surface area contributed by atoms with Crippen molar-refractivity contribution in [1.29, 1.82) is 0 Å². The van der Waals surface area contributed by atoms with Gasteiger partial charge in [0.25, 0.3) is 0 Å². The zero-order chi connectivity index (χ0) is 14.0. The molecular weight excluding hydrogens is 268 g/mol. The van der Waals surface area contributed by atoms with Crippen molar-refractivity contribution in [3.63, 3.8) is 0 Å². The predicted octanol–water partition coefficient (Wildman–Crippen LogP) is 1.71. The number of carbonyl (C=O) groups excluding carboxylic acids is 1. The van der Waals surface area contributed by atoms with Crippen LogP contribution in [0.1, 0.15) is 17.3 Å². The molecule has 0 aromatic heterocycles. The van der Waals surface area contributed by atoms with Gasteiger partial charge in [0.05, 0.1) is 16.3 Å². The van der Waals surface area contributed by atoms with Crippen LogP contribution < -0.4 is 4.90 Å². The number of rotatable bonds is 2. The third kappa shape index (κ3) is 2.81. The number of benzene rings is 1. The van der Waals surface area contributed by atoms with Crippen molar-refractivity contribution in [2.75, 3.05) is 31.1 Å². The molecular formula is C13H15ClN2O3. The number of nitrogens with zero attached hydrogens (tertiary/aromatic N) is 2. The molecule has 0 radical (unpaired) electrons. The van der Waals surface area contributed by atoms with Crippen LogP contribution in [0.25, 0.3) is 0 Å². The van der Waals surface area contributed by atoms with Gasteiger partial charge in [-0.15, -0.1) is 0 Å². The van der Waals surface area contributed by atoms with E-state index in [1.54, 1.807) is 23.1 Å². The second-order valence-corrected chi connectivity index (χ2v) is 4.84. The lowest BCUT2D eigenvalue weighted by molar-refractivity contribution is -0.129. The molecule has 2 rings (SSSR count). The Kier molecular flexibility index (Phi) is 3.95. The molecule has 0 unspecified atom stereocenters. The molecule has 0 atom stereocenters. The Morgan fingerprint density at radius 1 is 1.21 bits per heavy atom. The van der Waals surface area contributed by atoms with Crippen molar-refractivity contribution in [3.05, 3.63) is 28.8 Å². The van der Waals surface area contributed by atoms with Crippen molar-refractivity contribution in [3.8, 4) is 0 Å². The van der Waals surface area contributed by atoms with Crippen LogP contribution in [-0.2, 0) is 4.79 Å². The predicted molar refractivity (Wildman–Crippen MR) is 72.9 cm³/mol. The molecule has 19 heavy (non-hydrogen) atoms. The van der Waals surface area contributed by atoms with E-state index in [-0.39, 0.29) is 11.5 Å². The first-order valence-electron chi connectivity index (χ1n) is 6.03. The number of para-hydroxylation sites is 1. The van der Waals surface area contributed by atoms with Gasteiger partial charge >= 0.3 is 5.97 Å². The van der Waals surface area contributed by atoms with Crippen LogP contribution in [0, 0.1) is 0 Å². The molecule has 1 amide bonds. The number of anilines is 1. The van der Waals surface area contributed by atoms with Crippen LogP contribution >= 0.6 is 11.6 Å². The van der Waals surface area contributed by atoms with Crippen LogP contribution in [0.15, 0.2) is 18.2 Å². The summed E-state index contributed by atoms with van der Waals surface area (Å²) in [5, 5.41) is 9.64. The number of carboxylic acids is 1. The van der Waals surface area contributed by atoms with Crippen LogP contribution in [-0.4, -0.2) is 48.1 Å². The standard InChI is InChI=1S/C13H15ClN2O3/c1-9(17)15-5-7-16(8-6-15)12-10(13(18)19)3-2-4-11(12)14/h2-4H,5-8H2,1H3,(H,18,19). The largest absolute Gasteiger partial charge is 0.478 e. The second kappa shape index (κ2) is 5.48. The Hall–Kier alpha value is -1.75. The van der Waals surface area contributed by atoms with Crippen molar-refractivity contribution in [2.45, 2.75) is 6.92 Å². The van der Waals surface area contributed by atoms with Crippen molar-refractivity contribution < 1.29 is 14.7 Å². The molecule has 102 valence electrons. The number of hydrogen-bond donors (Lipinski definition) is 1. The topological polar surface area (TPSA) is 60.9 Å². The van der Waals surface area contributed by atoms with E-state index < -0.39 is 5.97 Å². The van der Waals surface area contributed by atoms with E-state index in [9.17, 15) is 14.7 Å². The highest BCUT2D eigenvalue weighted by atomic mass is 35.5. The van der Waals surface area contributed by atoms with Gasteiger partial charge in [-0.3, -0.25) is 4.79 Å². The summed E-state index contributed by atoms with van der Waals surface area (Å²) in [5.74, 6) is -0.955. The summed E-state index contributed by atoms with van der Waals surface area (Å²) in [6.07, 6.45) is 0. The molecule has 1 aliphatic heterocycles. The highest BCUT2D eigenvalue weighted by Crippen LogP contribution is 2.30. The SMILES string of the molecule is CC(=O)N1CCN(c2c(Cl)cccc2C(=O)O)CC1. The Bertz CT molecular complexity index is 511. The quantitative estimate of drug-likeness (QED) is 0.897. The number of carbonyl (C=O) groups is 2. The fourth-order valence-corrected chi connectivity index (χ4v) is 2.55. The monoisotopic (exact) mass is 282 g/mol. The smallest absolute Gasteiger partial charge is 0.337 e. The molecule has 1 fully saturated rings. The van der Waals surface area contributed by atoms with Crippen LogP contribution in [0.3, 0.4) is 0 Å². The molecule has 5 nitrogen and oxygen atoms in total. The van der Waals surface area contributed by atoms with E-state index >= 15 is 0 Å². The lowest BCUT2D eigenvalue weighted by Gasteiger charge is -2.36. The van der Waals surface area contributed by atoms with Gasteiger partial charge < -0.3 is 14.9 Å². The summed E-state index contributed by atoms with van der Waals surface area (Å²) >= 11 is 6.12. The van der Waals surface area contributed by atoms with Crippen LogP contribution in [0.2, 0.25) is 5.02 Å². The normalized spacial score (nSPS) is 15.5. The average molecular weight is 283 g/mol. The van der Waals surface area contributed by atoms with E-state index in [0.29, 0.717) is 36.9 Å². The molecule has 1 saturated heterocycles. The highest BCUT2D eigenvalue weighted by Gasteiger charge is 2.24. The van der Waals surface area contributed by atoms with Gasteiger partial charge in [0.1, 0.15) is 0 Å². The third-order valence-corrected chi connectivity index (χ3v) is 3.56. The van der Waals surface area contributed by atoms with Gasteiger partial charge in [0, 0.05) is 33.1 Å². The lowest BCUT2D eigenvalue weighted by Crippen LogP contribution is -2.48. The third-order valence-electron chi connectivity index (χ3n) is 3.26. The fourth-order valence-electron chi connectivity index (χ4n) is 2.25. The van der Waals surface area contributed by atoms with Crippen molar-refractivity contribution in [1.82, 2.24) is 4.90 Å². The Morgan fingerprint density at radius 2 is 1.84 bits per heavy atom. The van der Waals surface area contributed by atoms with Crippen molar-refractivity contribution in [2.24, 2.45) is 0 Å². The van der Waals surface area contributed by atoms with Crippen LogP contribution in [0.4, 0.5) is 5.69 Å². The van der Waals surface area contributed by atoms with Crippen molar-refractivity contribution >= 4 is 29.2 Å². The molecule has 1 heterocycles. The zero-order valence-corrected chi connectivity index (χ0v) is 11.4. The first kappa shape index (κ1) is 13.7. The lowest BCUT2D eigenvalue weighted by atomic mass is 10.1.